The third-order valence-corrected chi connectivity index (χ3v) is 4.28. The average molecular weight is 383 g/mol. The zero-order valence-electron chi connectivity index (χ0n) is 14.8. The Labute approximate surface area is 162 Å². The van der Waals surface area contributed by atoms with Crippen LogP contribution in [0.1, 0.15) is 19.0 Å². The normalized spacial score (nSPS) is 11.8. The van der Waals surface area contributed by atoms with Crippen molar-refractivity contribution in [2.45, 2.75) is 25.9 Å². The van der Waals surface area contributed by atoms with E-state index < -0.39 is 18.0 Å². The van der Waals surface area contributed by atoms with Gasteiger partial charge in [-0.15, -0.1) is 0 Å². The smallest absolute Gasteiger partial charge is 0.306 e. The lowest BCUT2D eigenvalue weighted by Crippen LogP contribution is -2.30. The Morgan fingerprint density at radius 2 is 1.81 bits per heavy atom. The third-order valence-electron chi connectivity index (χ3n) is 4.03. The second kappa shape index (κ2) is 8.64. The highest BCUT2D eigenvalue weighted by Gasteiger charge is 2.18. The number of para-hydroxylation sites is 1. The predicted molar refractivity (Wildman–Crippen MR) is 106 cm³/mol. The van der Waals surface area contributed by atoms with Crippen molar-refractivity contribution in [3.8, 4) is 0 Å². The Balaban J connectivity index is 1.50. The van der Waals surface area contributed by atoms with Gasteiger partial charge in [-0.25, -0.2) is 0 Å². The molecule has 0 saturated carbocycles. The molecule has 1 N–H and O–H groups in total. The molecule has 0 radical (unpaired) electrons. The Kier molecular flexibility index (Phi) is 6.04. The molecule has 1 atom stereocenters. The standard InChI is InChI=1S/C21H19ClN2O3/c1-14(21(26)24-18-10-7-16(22)8-11-18)27-20(25)13-12-17-9-6-15-4-2-3-5-19(15)23-17/h2-11,14H,12-13H2,1H3,(H,24,26). The topological polar surface area (TPSA) is 68.3 Å². The molecule has 2 aromatic carbocycles. The second-order valence-corrected chi connectivity index (χ2v) is 6.56. The van der Waals surface area contributed by atoms with Crippen LogP contribution in [0.4, 0.5) is 5.69 Å². The maximum atomic E-state index is 12.1. The van der Waals surface area contributed by atoms with Crippen molar-refractivity contribution in [1.29, 1.82) is 0 Å². The van der Waals surface area contributed by atoms with Gasteiger partial charge in [0.05, 0.1) is 11.9 Å². The number of aryl methyl sites for hydroxylation is 1. The highest BCUT2D eigenvalue weighted by Crippen LogP contribution is 2.15. The van der Waals surface area contributed by atoms with E-state index in [0.29, 0.717) is 17.1 Å². The third kappa shape index (κ3) is 5.28. The van der Waals surface area contributed by atoms with Crippen LogP contribution < -0.4 is 5.32 Å². The van der Waals surface area contributed by atoms with Crippen LogP contribution in [0.5, 0.6) is 0 Å². The highest BCUT2D eigenvalue weighted by atomic mass is 35.5. The Morgan fingerprint density at radius 3 is 2.59 bits per heavy atom. The van der Waals surface area contributed by atoms with E-state index in [4.69, 9.17) is 16.3 Å². The highest BCUT2D eigenvalue weighted by molar-refractivity contribution is 6.30. The van der Waals surface area contributed by atoms with Gasteiger partial charge in [0.15, 0.2) is 6.10 Å². The van der Waals surface area contributed by atoms with Crippen LogP contribution in [0.25, 0.3) is 10.9 Å². The van der Waals surface area contributed by atoms with Crippen molar-refractivity contribution in [3.05, 3.63) is 71.4 Å². The number of rotatable bonds is 6. The van der Waals surface area contributed by atoms with Gasteiger partial charge in [-0.2, -0.15) is 0 Å². The summed E-state index contributed by atoms with van der Waals surface area (Å²) in [6.07, 6.45) is -0.281. The van der Waals surface area contributed by atoms with Crippen molar-refractivity contribution >= 4 is 40.1 Å². The minimum absolute atomic E-state index is 0.157. The summed E-state index contributed by atoms with van der Waals surface area (Å²) in [5.74, 6) is -0.835. The summed E-state index contributed by atoms with van der Waals surface area (Å²) >= 11 is 5.81. The van der Waals surface area contributed by atoms with Gasteiger partial charge in [-0.3, -0.25) is 14.6 Å². The molecule has 0 aliphatic rings. The minimum atomic E-state index is -0.891. The first kappa shape index (κ1) is 18.9. The van der Waals surface area contributed by atoms with Crippen LogP contribution in [0.3, 0.4) is 0 Å². The van der Waals surface area contributed by atoms with Gasteiger partial charge in [-0.05, 0) is 43.3 Å². The number of halogens is 1. The number of hydrogen-bond acceptors (Lipinski definition) is 4. The summed E-state index contributed by atoms with van der Waals surface area (Å²) < 4.78 is 5.21. The van der Waals surface area contributed by atoms with Crippen molar-refractivity contribution in [1.82, 2.24) is 4.98 Å². The van der Waals surface area contributed by atoms with Crippen LogP contribution in [-0.2, 0) is 20.7 Å². The molecule has 0 aliphatic carbocycles. The molecular formula is C21H19ClN2O3. The summed E-state index contributed by atoms with van der Waals surface area (Å²) in [6.45, 7) is 1.54. The fourth-order valence-corrected chi connectivity index (χ4v) is 2.69. The molecule has 3 aromatic rings. The first-order valence-corrected chi connectivity index (χ1v) is 8.99. The van der Waals surface area contributed by atoms with Gasteiger partial charge in [0.1, 0.15) is 0 Å². The van der Waals surface area contributed by atoms with Crippen LogP contribution in [0, 0.1) is 0 Å². The zero-order chi connectivity index (χ0) is 19.2. The largest absolute Gasteiger partial charge is 0.453 e. The molecule has 138 valence electrons. The number of amides is 1. The lowest BCUT2D eigenvalue weighted by atomic mass is 10.1. The van der Waals surface area contributed by atoms with E-state index in [1.54, 1.807) is 24.3 Å². The summed E-state index contributed by atoms with van der Waals surface area (Å²) in [5, 5.41) is 4.31. The molecule has 5 nitrogen and oxygen atoms in total. The van der Waals surface area contributed by atoms with Gasteiger partial charge < -0.3 is 10.1 Å². The number of ether oxygens (including phenoxy) is 1. The van der Waals surface area contributed by atoms with Crippen LogP contribution in [0.2, 0.25) is 5.02 Å². The van der Waals surface area contributed by atoms with Gasteiger partial charge in [-0.1, -0.05) is 35.9 Å². The molecule has 0 bridgehead atoms. The van der Waals surface area contributed by atoms with Crippen molar-refractivity contribution in [2.24, 2.45) is 0 Å². The van der Waals surface area contributed by atoms with E-state index in [0.717, 1.165) is 16.6 Å². The van der Waals surface area contributed by atoms with Gasteiger partial charge in [0, 0.05) is 28.2 Å². The van der Waals surface area contributed by atoms with E-state index in [1.807, 2.05) is 36.4 Å². The van der Waals surface area contributed by atoms with Gasteiger partial charge in [0.25, 0.3) is 5.91 Å². The first-order chi connectivity index (χ1) is 13.0. The van der Waals surface area contributed by atoms with Crippen LogP contribution in [0.15, 0.2) is 60.7 Å². The quantitative estimate of drug-likeness (QED) is 0.642. The molecule has 0 saturated heterocycles. The maximum absolute atomic E-state index is 12.1. The Bertz CT molecular complexity index is 957. The SMILES string of the molecule is CC(OC(=O)CCc1ccc2ccccc2n1)C(=O)Nc1ccc(Cl)cc1. The van der Waals surface area contributed by atoms with E-state index in [-0.39, 0.29) is 6.42 Å². The molecule has 0 spiro atoms. The molecule has 1 unspecified atom stereocenters. The van der Waals surface area contributed by atoms with Crippen LogP contribution >= 0.6 is 11.6 Å². The molecule has 3 rings (SSSR count). The molecule has 1 heterocycles. The summed E-state index contributed by atoms with van der Waals surface area (Å²) in [5.41, 5.74) is 2.29. The first-order valence-electron chi connectivity index (χ1n) is 8.62. The molecule has 1 aromatic heterocycles. The number of aromatic nitrogens is 1. The van der Waals surface area contributed by atoms with E-state index in [2.05, 4.69) is 10.3 Å². The number of fused-ring (bicyclic) bond motifs is 1. The number of carbonyl (C=O) groups excluding carboxylic acids is 2. The molecule has 6 heteroatoms. The number of nitrogens with one attached hydrogen (secondary N) is 1. The molecule has 0 fully saturated rings. The fourth-order valence-electron chi connectivity index (χ4n) is 2.56. The molecule has 27 heavy (non-hydrogen) atoms. The zero-order valence-corrected chi connectivity index (χ0v) is 15.6. The number of nitrogens with zero attached hydrogens (tertiary/aromatic N) is 1. The Morgan fingerprint density at radius 1 is 1.07 bits per heavy atom. The minimum Gasteiger partial charge on any atom is -0.453 e. The van der Waals surface area contributed by atoms with Crippen molar-refractivity contribution < 1.29 is 14.3 Å². The number of carbonyl (C=O) groups is 2. The summed E-state index contributed by atoms with van der Waals surface area (Å²) in [7, 11) is 0. The maximum Gasteiger partial charge on any atom is 0.306 e. The number of pyridine rings is 1. The fraction of sp³-hybridized carbons (Fsp3) is 0.190. The number of benzene rings is 2. The van der Waals surface area contributed by atoms with Crippen molar-refractivity contribution in [2.75, 3.05) is 5.32 Å². The monoisotopic (exact) mass is 382 g/mol. The summed E-state index contributed by atoms with van der Waals surface area (Å²) in [6, 6.07) is 18.4. The lowest BCUT2D eigenvalue weighted by Gasteiger charge is -2.13. The molecule has 1 amide bonds. The van der Waals surface area contributed by atoms with Crippen molar-refractivity contribution in [3.63, 3.8) is 0 Å². The molecule has 0 aliphatic heterocycles. The van der Waals surface area contributed by atoms with E-state index in [9.17, 15) is 9.59 Å². The number of esters is 1. The predicted octanol–water partition coefficient (Wildman–Crippen LogP) is 4.39. The van der Waals surface area contributed by atoms with Crippen LogP contribution in [-0.4, -0.2) is 23.0 Å². The van der Waals surface area contributed by atoms with Gasteiger partial charge in [0.2, 0.25) is 0 Å². The average Bonchev–Trinajstić information content (AvgIpc) is 2.68. The summed E-state index contributed by atoms with van der Waals surface area (Å²) in [4.78, 5) is 28.7. The Hall–Kier alpha value is -2.92. The molecular weight excluding hydrogens is 364 g/mol. The van der Waals surface area contributed by atoms with Gasteiger partial charge >= 0.3 is 5.97 Å². The van der Waals surface area contributed by atoms with E-state index in [1.165, 1.54) is 6.92 Å². The number of hydrogen-bond donors (Lipinski definition) is 1. The lowest BCUT2D eigenvalue weighted by molar-refractivity contribution is -0.153. The second-order valence-electron chi connectivity index (χ2n) is 6.12. The van der Waals surface area contributed by atoms with E-state index >= 15 is 0 Å². The number of anilines is 1.